The van der Waals surface area contributed by atoms with Gasteiger partial charge in [0.15, 0.2) is 0 Å². The number of benzene rings is 2. The molecule has 0 atom stereocenters. The summed E-state index contributed by atoms with van der Waals surface area (Å²) in [5.41, 5.74) is 8.09. The van der Waals surface area contributed by atoms with Crippen molar-refractivity contribution >= 4 is 11.6 Å². The van der Waals surface area contributed by atoms with Gasteiger partial charge in [0.2, 0.25) is 5.88 Å². The van der Waals surface area contributed by atoms with Crippen LogP contribution in [0.5, 0.6) is 11.6 Å². The quantitative estimate of drug-likeness (QED) is 0.722. The first-order valence-electron chi connectivity index (χ1n) is 9.61. The van der Waals surface area contributed by atoms with Crippen molar-refractivity contribution in [3.05, 3.63) is 78.2 Å². The van der Waals surface area contributed by atoms with E-state index in [1.54, 1.807) is 18.2 Å². The number of hydrogen-bond donors (Lipinski definition) is 1. The van der Waals surface area contributed by atoms with Gasteiger partial charge < -0.3 is 20.3 Å². The summed E-state index contributed by atoms with van der Waals surface area (Å²) < 4.78 is 5.79. The third kappa shape index (κ3) is 4.52. The van der Waals surface area contributed by atoms with Crippen LogP contribution in [0, 0.1) is 0 Å². The number of anilines is 1. The molecule has 3 aromatic rings. The Morgan fingerprint density at radius 2 is 1.76 bits per heavy atom. The third-order valence-electron chi connectivity index (χ3n) is 4.90. The van der Waals surface area contributed by atoms with E-state index in [0.29, 0.717) is 42.5 Å². The number of rotatable bonds is 5. The molecule has 29 heavy (non-hydrogen) atoms. The van der Waals surface area contributed by atoms with Crippen LogP contribution in [0.2, 0.25) is 0 Å². The number of amides is 1. The number of aromatic nitrogens is 2. The van der Waals surface area contributed by atoms with Gasteiger partial charge in [-0.2, -0.15) is 0 Å². The van der Waals surface area contributed by atoms with Crippen LogP contribution in [0.1, 0.15) is 16.1 Å². The highest BCUT2D eigenvalue weighted by molar-refractivity contribution is 5.94. The van der Waals surface area contributed by atoms with Crippen LogP contribution in [0.4, 0.5) is 5.69 Å². The smallest absolute Gasteiger partial charge is 0.254 e. The van der Waals surface area contributed by atoms with Crippen molar-refractivity contribution in [2.45, 2.75) is 6.54 Å². The Kier molecular flexibility index (Phi) is 5.67. The van der Waals surface area contributed by atoms with Gasteiger partial charge in [-0.3, -0.25) is 4.79 Å². The molecule has 0 saturated carbocycles. The first-order valence-corrected chi connectivity index (χ1v) is 9.61. The minimum atomic E-state index is 0.00787. The number of para-hydroxylation sites is 1. The number of carbonyl (C=O) groups is 1. The largest absolute Gasteiger partial charge is 0.439 e. The molecular weight excluding hydrogens is 366 g/mol. The second kappa shape index (κ2) is 8.70. The van der Waals surface area contributed by atoms with E-state index < -0.39 is 0 Å². The lowest BCUT2D eigenvalue weighted by Gasteiger charge is -2.36. The molecule has 1 saturated heterocycles. The third-order valence-corrected chi connectivity index (χ3v) is 4.90. The number of nitrogens with zero attached hydrogens (tertiary/aromatic N) is 4. The fourth-order valence-electron chi connectivity index (χ4n) is 3.35. The average molecular weight is 389 g/mol. The molecule has 0 aliphatic carbocycles. The van der Waals surface area contributed by atoms with E-state index in [-0.39, 0.29) is 5.91 Å². The molecule has 148 valence electrons. The lowest BCUT2D eigenvalue weighted by molar-refractivity contribution is 0.0746. The van der Waals surface area contributed by atoms with Crippen molar-refractivity contribution in [1.82, 2.24) is 14.9 Å². The molecule has 1 aromatic heterocycles. The van der Waals surface area contributed by atoms with Crippen LogP contribution in [-0.2, 0) is 6.54 Å². The number of carbonyl (C=O) groups excluding carboxylic acids is 1. The number of piperazine rings is 1. The molecular formula is C22H23N5O2. The van der Waals surface area contributed by atoms with Gasteiger partial charge in [0.25, 0.3) is 5.91 Å². The van der Waals surface area contributed by atoms with Crippen LogP contribution < -0.4 is 15.4 Å². The van der Waals surface area contributed by atoms with E-state index in [1.165, 1.54) is 12.0 Å². The van der Waals surface area contributed by atoms with E-state index in [4.69, 9.17) is 10.5 Å². The first kappa shape index (κ1) is 18.9. The topological polar surface area (TPSA) is 84.6 Å². The summed E-state index contributed by atoms with van der Waals surface area (Å²) in [6.45, 7) is 3.31. The molecule has 0 unspecified atom stereocenters. The Hall–Kier alpha value is -3.45. The molecule has 0 bridgehead atoms. The Labute approximate surface area is 169 Å². The summed E-state index contributed by atoms with van der Waals surface area (Å²) in [6.07, 6.45) is 1.42. The molecule has 0 spiro atoms. The zero-order chi connectivity index (χ0) is 20.1. The summed E-state index contributed by atoms with van der Waals surface area (Å²) in [6, 6.07) is 19.1. The van der Waals surface area contributed by atoms with E-state index >= 15 is 0 Å². The first-order chi connectivity index (χ1) is 14.2. The fraction of sp³-hybridized carbons (Fsp3) is 0.227. The molecule has 4 rings (SSSR count). The van der Waals surface area contributed by atoms with Gasteiger partial charge in [-0.15, -0.1) is 0 Å². The zero-order valence-corrected chi connectivity index (χ0v) is 16.1. The normalized spacial score (nSPS) is 14.0. The molecule has 7 nitrogen and oxygen atoms in total. The van der Waals surface area contributed by atoms with Gasteiger partial charge in [0.1, 0.15) is 12.1 Å². The molecule has 1 amide bonds. The fourth-order valence-corrected chi connectivity index (χ4v) is 3.35. The molecule has 2 N–H and O–H groups in total. The summed E-state index contributed by atoms with van der Waals surface area (Å²) in [5, 5.41) is 0. The van der Waals surface area contributed by atoms with Gasteiger partial charge in [0, 0.05) is 50.0 Å². The van der Waals surface area contributed by atoms with Crippen molar-refractivity contribution in [2.75, 3.05) is 31.1 Å². The Morgan fingerprint density at radius 3 is 2.52 bits per heavy atom. The van der Waals surface area contributed by atoms with Crippen molar-refractivity contribution < 1.29 is 9.53 Å². The van der Waals surface area contributed by atoms with Gasteiger partial charge in [-0.05, 0) is 30.3 Å². The SMILES string of the molecule is NCc1cc(Oc2cccc(C(=O)N3CCN(c4ccccc4)CC3)c2)ncn1. The maximum atomic E-state index is 13.0. The van der Waals surface area contributed by atoms with Crippen LogP contribution in [0.25, 0.3) is 0 Å². The maximum absolute atomic E-state index is 13.0. The van der Waals surface area contributed by atoms with Gasteiger partial charge in [0.05, 0.1) is 5.69 Å². The second-order valence-corrected chi connectivity index (χ2v) is 6.80. The van der Waals surface area contributed by atoms with Crippen molar-refractivity contribution in [3.63, 3.8) is 0 Å². The number of nitrogens with two attached hydrogens (primary N) is 1. The van der Waals surface area contributed by atoms with E-state index in [0.717, 1.165) is 13.1 Å². The number of hydrogen-bond acceptors (Lipinski definition) is 6. The predicted molar refractivity (Wildman–Crippen MR) is 111 cm³/mol. The lowest BCUT2D eigenvalue weighted by Crippen LogP contribution is -2.48. The standard InChI is InChI=1S/C22H23N5O2/c23-15-18-14-21(25-16-24-18)29-20-8-4-5-17(13-20)22(28)27-11-9-26(10-12-27)19-6-2-1-3-7-19/h1-8,13-14,16H,9-12,15,23H2. The van der Waals surface area contributed by atoms with Gasteiger partial charge in [-0.25, -0.2) is 9.97 Å². The van der Waals surface area contributed by atoms with Crippen molar-refractivity contribution in [3.8, 4) is 11.6 Å². The molecule has 1 aliphatic rings. The van der Waals surface area contributed by atoms with Crippen LogP contribution in [-0.4, -0.2) is 47.0 Å². The average Bonchev–Trinajstić information content (AvgIpc) is 2.79. The van der Waals surface area contributed by atoms with Crippen LogP contribution in [0.15, 0.2) is 67.0 Å². The van der Waals surface area contributed by atoms with E-state index in [9.17, 15) is 4.79 Å². The lowest BCUT2D eigenvalue weighted by atomic mass is 10.1. The molecule has 1 fully saturated rings. The number of ether oxygens (including phenoxy) is 1. The van der Waals surface area contributed by atoms with E-state index in [1.807, 2.05) is 35.2 Å². The van der Waals surface area contributed by atoms with Crippen LogP contribution >= 0.6 is 0 Å². The highest BCUT2D eigenvalue weighted by Crippen LogP contribution is 2.22. The maximum Gasteiger partial charge on any atom is 0.254 e. The van der Waals surface area contributed by atoms with Crippen molar-refractivity contribution in [1.29, 1.82) is 0 Å². The molecule has 2 aromatic carbocycles. The van der Waals surface area contributed by atoms with Gasteiger partial charge in [-0.1, -0.05) is 24.3 Å². The van der Waals surface area contributed by atoms with Crippen LogP contribution in [0.3, 0.4) is 0 Å². The minimum absolute atomic E-state index is 0.00787. The molecule has 2 heterocycles. The Morgan fingerprint density at radius 1 is 0.966 bits per heavy atom. The summed E-state index contributed by atoms with van der Waals surface area (Å²) in [7, 11) is 0. The monoisotopic (exact) mass is 389 g/mol. The molecule has 7 heteroatoms. The summed E-state index contributed by atoms with van der Waals surface area (Å²) in [4.78, 5) is 25.3. The summed E-state index contributed by atoms with van der Waals surface area (Å²) in [5.74, 6) is 0.968. The molecule has 1 aliphatic heterocycles. The Balaban J connectivity index is 1.41. The highest BCUT2D eigenvalue weighted by atomic mass is 16.5. The van der Waals surface area contributed by atoms with Gasteiger partial charge >= 0.3 is 0 Å². The second-order valence-electron chi connectivity index (χ2n) is 6.80. The molecule has 0 radical (unpaired) electrons. The Bertz CT molecular complexity index is 972. The predicted octanol–water partition coefficient (Wildman–Crippen LogP) is 2.69. The highest BCUT2D eigenvalue weighted by Gasteiger charge is 2.22. The minimum Gasteiger partial charge on any atom is -0.439 e. The van der Waals surface area contributed by atoms with Crippen molar-refractivity contribution in [2.24, 2.45) is 5.73 Å². The zero-order valence-electron chi connectivity index (χ0n) is 16.1. The summed E-state index contributed by atoms with van der Waals surface area (Å²) >= 11 is 0. The van der Waals surface area contributed by atoms with E-state index in [2.05, 4.69) is 27.0 Å².